The molecule has 1 aromatic rings. The average molecular weight is 220 g/mol. The molecule has 4 nitrogen and oxygen atoms in total. The van der Waals surface area contributed by atoms with Crippen LogP contribution in [0.4, 0.5) is 5.69 Å². The van der Waals surface area contributed by atoms with Crippen LogP contribution in [0.2, 0.25) is 0 Å². The van der Waals surface area contributed by atoms with Gasteiger partial charge in [-0.3, -0.25) is 4.98 Å². The van der Waals surface area contributed by atoms with Crippen molar-refractivity contribution in [3.63, 3.8) is 0 Å². The molecule has 0 atom stereocenters. The predicted octanol–water partition coefficient (Wildman–Crippen LogP) is 0.963. The lowest BCUT2D eigenvalue weighted by Crippen LogP contribution is -2.41. The van der Waals surface area contributed by atoms with Gasteiger partial charge in [0.05, 0.1) is 16.8 Å². The van der Waals surface area contributed by atoms with E-state index in [1.54, 1.807) is 18.3 Å². The molecule has 0 spiro atoms. The largest absolute Gasteiger partial charge is 0.514 e. The van der Waals surface area contributed by atoms with E-state index in [-0.39, 0.29) is 11.2 Å². The SMILES string of the molecule is CC1(C)OB(c2cc(N)ccn2)OC1(C)C. The van der Waals surface area contributed by atoms with Crippen molar-refractivity contribution in [1.29, 1.82) is 0 Å². The molecule has 86 valence electrons. The number of hydrogen-bond donors (Lipinski definition) is 1. The zero-order valence-corrected chi connectivity index (χ0v) is 10.2. The zero-order chi connectivity index (χ0) is 12.0. The van der Waals surface area contributed by atoms with E-state index in [4.69, 9.17) is 15.0 Å². The van der Waals surface area contributed by atoms with E-state index in [1.807, 2.05) is 27.7 Å². The number of hydrogen-bond acceptors (Lipinski definition) is 4. The standard InChI is InChI=1S/C11H17BN2O2/c1-10(2)11(3,4)16-12(15-10)9-7-8(13)5-6-14-9/h5-7H,1-4H3,(H2,13,14). The van der Waals surface area contributed by atoms with Gasteiger partial charge in [-0.2, -0.15) is 0 Å². The number of aromatic nitrogens is 1. The third-order valence-electron chi connectivity index (χ3n) is 3.30. The highest BCUT2D eigenvalue weighted by Gasteiger charge is 2.52. The second-order valence-corrected chi connectivity index (χ2v) is 5.10. The van der Waals surface area contributed by atoms with Crippen molar-refractivity contribution in [3.8, 4) is 0 Å². The van der Waals surface area contributed by atoms with Crippen molar-refractivity contribution in [3.05, 3.63) is 18.3 Å². The minimum Gasteiger partial charge on any atom is -0.399 e. The van der Waals surface area contributed by atoms with Gasteiger partial charge in [0.15, 0.2) is 0 Å². The summed E-state index contributed by atoms with van der Waals surface area (Å²) in [6.45, 7) is 8.05. The van der Waals surface area contributed by atoms with E-state index < -0.39 is 7.12 Å². The molecular formula is C11H17BN2O2. The molecule has 1 aromatic heterocycles. The molecule has 0 bridgehead atoms. The van der Waals surface area contributed by atoms with Gasteiger partial charge in [0.1, 0.15) is 0 Å². The molecule has 0 saturated carbocycles. The third-order valence-corrected chi connectivity index (χ3v) is 3.30. The highest BCUT2D eigenvalue weighted by Crippen LogP contribution is 2.36. The minimum absolute atomic E-state index is 0.343. The Hall–Kier alpha value is -1.07. The number of nitrogen functional groups attached to an aromatic ring is 1. The Labute approximate surface area is 96.3 Å². The molecule has 2 heterocycles. The van der Waals surface area contributed by atoms with Crippen LogP contribution in [0.3, 0.4) is 0 Å². The molecule has 2 N–H and O–H groups in total. The number of anilines is 1. The Balaban J connectivity index is 2.27. The fraction of sp³-hybridized carbons (Fsp3) is 0.545. The Morgan fingerprint density at radius 2 is 1.75 bits per heavy atom. The Morgan fingerprint density at radius 3 is 2.25 bits per heavy atom. The summed E-state index contributed by atoms with van der Waals surface area (Å²) >= 11 is 0. The summed E-state index contributed by atoms with van der Waals surface area (Å²) in [4.78, 5) is 4.22. The first-order chi connectivity index (χ1) is 7.32. The minimum atomic E-state index is -0.437. The van der Waals surface area contributed by atoms with Gasteiger partial charge in [-0.1, -0.05) is 0 Å². The maximum atomic E-state index is 5.86. The normalized spacial score (nSPS) is 22.4. The first-order valence-corrected chi connectivity index (χ1v) is 5.39. The molecule has 1 saturated heterocycles. The number of nitrogens with zero attached hydrogens (tertiary/aromatic N) is 1. The van der Waals surface area contributed by atoms with E-state index in [9.17, 15) is 0 Å². The van der Waals surface area contributed by atoms with Gasteiger partial charge in [0, 0.05) is 11.9 Å². The molecule has 0 aromatic carbocycles. The lowest BCUT2D eigenvalue weighted by molar-refractivity contribution is 0.00578. The highest BCUT2D eigenvalue weighted by molar-refractivity contribution is 6.61. The summed E-state index contributed by atoms with van der Waals surface area (Å²) in [5.74, 6) is 0. The number of pyridine rings is 1. The van der Waals surface area contributed by atoms with E-state index in [2.05, 4.69) is 4.98 Å². The maximum Gasteiger partial charge on any atom is 0.514 e. The molecule has 2 rings (SSSR count). The van der Waals surface area contributed by atoms with E-state index in [0.29, 0.717) is 5.69 Å². The lowest BCUT2D eigenvalue weighted by Gasteiger charge is -2.32. The molecule has 1 aliphatic rings. The second kappa shape index (κ2) is 3.47. The monoisotopic (exact) mass is 220 g/mol. The Kier molecular flexibility index (Phi) is 2.47. The Morgan fingerprint density at radius 1 is 1.19 bits per heavy atom. The van der Waals surface area contributed by atoms with Crippen LogP contribution in [0.1, 0.15) is 27.7 Å². The zero-order valence-electron chi connectivity index (χ0n) is 10.2. The first-order valence-electron chi connectivity index (χ1n) is 5.39. The van der Waals surface area contributed by atoms with Crippen LogP contribution < -0.4 is 11.3 Å². The maximum absolute atomic E-state index is 5.86. The summed E-state index contributed by atoms with van der Waals surface area (Å²) in [6.07, 6.45) is 1.66. The molecule has 1 fully saturated rings. The molecule has 0 unspecified atom stereocenters. The number of nitrogens with two attached hydrogens (primary N) is 1. The van der Waals surface area contributed by atoms with Gasteiger partial charge < -0.3 is 15.0 Å². The van der Waals surface area contributed by atoms with Crippen molar-refractivity contribution in [2.45, 2.75) is 38.9 Å². The van der Waals surface area contributed by atoms with Crippen LogP contribution in [0.15, 0.2) is 18.3 Å². The van der Waals surface area contributed by atoms with E-state index in [0.717, 1.165) is 5.59 Å². The number of rotatable bonds is 1. The quantitative estimate of drug-likeness (QED) is 0.716. The Bertz CT molecular complexity index is 391. The molecule has 5 heteroatoms. The third kappa shape index (κ3) is 1.81. The fourth-order valence-electron chi connectivity index (χ4n) is 1.56. The summed E-state index contributed by atoms with van der Waals surface area (Å²) in [5.41, 5.74) is 6.41. The molecule has 16 heavy (non-hydrogen) atoms. The summed E-state index contributed by atoms with van der Waals surface area (Å²) in [6, 6.07) is 3.52. The van der Waals surface area contributed by atoms with Gasteiger partial charge in [-0.05, 0) is 39.8 Å². The van der Waals surface area contributed by atoms with Gasteiger partial charge in [0.2, 0.25) is 0 Å². The van der Waals surface area contributed by atoms with Gasteiger partial charge in [-0.25, -0.2) is 0 Å². The lowest BCUT2D eigenvalue weighted by atomic mass is 9.84. The molecule has 1 aliphatic heterocycles. The van der Waals surface area contributed by atoms with Gasteiger partial charge in [-0.15, -0.1) is 0 Å². The van der Waals surface area contributed by atoms with Crippen LogP contribution in [0.5, 0.6) is 0 Å². The van der Waals surface area contributed by atoms with E-state index >= 15 is 0 Å². The van der Waals surface area contributed by atoms with E-state index in [1.165, 1.54) is 0 Å². The van der Waals surface area contributed by atoms with Crippen molar-refractivity contribution in [1.82, 2.24) is 4.98 Å². The van der Waals surface area contributed by atoms with Crippen molar-refractivity contribution >= 4 is 18.4 Å². The summed E-state index contributed by atoms with van der Waals surface area (Å²) in [7, 11) is -0.437. The van der Waals surface area contributed by atoms with Crippen LogP contribution >= 0.6 is 0 Å². The predicted molar refractivity (Wildman–Crippen MR) is 64.4 cm³/mol. The van der Waals surface area contributed by atoms with Crippen LogP contribution in [-0.2, 0) is 9.31 Å². The highest BCUT2D eigenvalue weighted by atomic mass is 16.7. The molecule has 0 amide bonds. The smallest absolute Gasteiger partial charge is 0.399 e. The molecular weight excluding hydrogens is 203 g/mol. The second-order valence-electron chi connectivity index (χ2n) is 5.10. The average Bonchev–Trinajstić information content (AvgIpc) is 2.36. The van der Waals surface area contributed by atoms with Crippen molar-refractivity contribution in [2.24, 2.45) is 0 Å². The van der Waals surface area contributed by atoms with Gasteiger partial charge in [0.25, 0.3) is 0 Å². The van der Waals surface area contributed by atoms with Crippen LogP contribution in [0, 0.1) is 0 Å². The van der Waals surface area contributed by atoms with Crippen LogP contribution in [-0.4, -0.2) is 23.3 Å². The molecule has 0 aliphatic carbocycles. The summed E-state index contributed by atoms with van der Waals surface area (Å²) in [5, 5.41) is 0. The first kappa shape index (κ1) is 11.4. The summed E-state index contributed by atoms with van der Waals surface area (Å²) < 4.78 is 11.7. The van der Waals surface area contributed by atoms with Crippen molar-refractivity contribution in [2.75, 3.05) is 5.73 Å². The molecule has 0 radical (unpaired) electrons. The topological polar surface area (TPSA) is 57.4 Å². The van der Waals surface area contributed by atoms with Crippen LogP contribution in [0.25, 0.3) is 0 Å². The van der Waals surface area contributed by atoms with Crippen molar-refractivity contribution < 1.29 is 9.31 Å². The fourth-order valence-corrected chi connectivity index (χ4v) is 1.56. The van der Waals surface area contributed by atoms with Gasteiger partial charge >= 0.3 is 7.12 Å².